The van der Waals surface area contributed by atoms with Crippen molar-refractivity contribution < 1.29 is 22.7 Å². The van der Waals surface area contributed by atoms with E-state index in [0.717, 1.165) is 12.0 Å². The van der Waals surface area contributed by atoms with Crippen LogP contribution in [0.25, 0.3) is 0 Å². The summed E-state index contributed by atoms with van der Waals surface area (Å²) < 4.78 is 32.4. The van der Waals surface area contributed by atoms with Crippen molar-refractivity contribution in [1.29, 1.82) is 0 Å². The lowest BCUT2D eigenvalue weighted by molar-refractivity contribution is -0.150. The van der Waals surface area contributed by atoms with Crippen LogP contribution in [0, 0.1) is 5.92 Å². The highest BCUT2D eigenvalue weighted by Gasteiger charge is 2.30. The fourth-order valence-corrected chi connectivity index (χ4v) is 3.89. The quantitative estimate of drug-likeness (QED) is 0.610. The number of hydrogen-bond donors (Lipinski definition) is 2. The van der Waals surface area contributed by atoms with Gasteiger partial charge >= 0.3 is 5.97 Å². The van der Waals surface area contributed by atoms with Gasteiger partial charge in [-0.25, -0.2) is 8.42 Å². The molecule has 0 aliphatic rings. The number of carbonyl (C=O) groups is 2. The number of carbonyl (C=O) groups excluding carboxylic acids is 2. The number of benzene rings is 2. The van der Waals surface area contributed by atoms with Crippen molar-refractivity contribution in [1.82, 2.24) is 4.72 Å². The summed E-state index contributed by atoms with van der Waals surface area (Å²) in [5.41, 5.74) is 1.73. The monoisotopic (exact) mass is 418 g/mol. The molecule has 2 N–H and O–H groups in total. The number of hydrogen-bond acceptors (Lipinski definition) is 5. The van der Waals surface area contributed by atoms with Crippen LogP contribution in [-0.4, -0.2) is 32.9 Å². The molecule has 2 aromatic rings. The van der Waals surface area contributed by atoms with Crippen LogP contribution in [0.2, 0.25) is 0 Å². The minimum absolute atomic E-state index is 0.0479. The molecule has 8 heteroatoms. The fourth-order valence-electron chi connectivity index (χ4n) is 2.54. The third-order valence-corrected chi connectivity index (χ3v) is 5.70. The summed E-state index contributed by atoms with van der Waals surface area (Å²) in [7, 11) is -3.89. The molecule has 0 unspecified atom stereocenters. The molecule has 156 valence electrons. The number of rotatable bonds is 9. The van der Waals surface area contributed by atoms with Gasteiger partial charge in [-0.1, -0.05) is 51.1 Å². The van der Waals surface area contributed by atoms with Crippen molar-refractivity contribution in [3.05, 3.63) is 60.2 Å². The summed E-state index contributed by atoms with van der Waals surface area (Å²) in [6.07, 6.45) is 0.890. The Hall–Kier alpha value is -2.71. The van der Waals surface area contributed by atoms with E-state index in [2.05, 4.69) is 10.0 Å². The molecule has 0 aliphatic carbocycles. The molecule has 0 bridgehead atoms. The van der Waals surface area contributed by atoms with Gasteiger partial charge in [0.1, 0.15) is 6.04 Å². The van der Waals surface area contributed by atoms with Gasteiger partial charge in [0, 0.05) is 5.69 Å². The number of aryl methyl sites for hydroxylation is 1. The third-order valence-electron chi connectivity index (χ3n) is 4.25. The number of anilines is 1. The van der Waals surface area contributed by atoms with E-state index in [1.54, 1.807) is 44.2 Å². The number of sulfonamides is 1. The molecular weight excluding hydrogens is 392 g/mol. The van der Waals surface area contributed by atoms with Gasteiger partial charge in [-0.2, -0.15) is 4.72 Å². The smallest absolute Gasteiger partial charge is 0.324 e. The SMILES string of the molecule is CCc1ccc(NC(=O)COC(=O)[C@@H](NS(=O)(=O)c2ccccc2)C(C)C)cc1. The molecule has 2 aromatic carbocycles. The Bertz CT molecular complexity index is 925. The maximum Gasteiger partial charge on any atom is 0.324 e. The second-order valence-corrected chi connectivity index (χ2v) is 8.58. The number of amides is 1. The van der Waals surface area contributed by atoms with Crippen molar-refractivity contribution in [2.45, 2.75) is 38.1 Å². The van der Waals surface area contributed by atoms with E-state index in [0.29, 0.717) is 5.69 Å². The van der Waals surface area contributed by atoms with E-state index < -0.39 is 34.5 Å². The lowest BCUT2D eigenvalue weighted by atomic mass is 10.1. The maximum atomic E-state index is 12.5. The molecule has 1 atom stereocenters. The molecule has 1 amide bonds. The number of esters is 1. The van der Waals surface area contributed by atoms with Crippen molar-refractivity contribution >= 4 is 27.6 Å². The molecule has 0 saturated heterocycles. The van der Waals surface area contributed by atoms with Gasteiger partial charge in [0.05, 0.1) is 4.90 Å². The van der Waals surface area contributed by atoms with E-state index in [1.807, 2.05) is 19.1 Å². The first kappa shape index (κ1) is 22.6. The molecule has 0 heterocycles. The Morgan fingerprint density at radius 3 is 2.17 bits per heavy atom. The molecule has 0 radical (unpaired) electrons. The van der Waals surface area contributed by atoms with E-state index in [1.165, 1.54) is 12.1 Å². The van der Waals surface area contributed by atoms with Crippen LogP contribution in [0.1, 0.15) is 26.3 Å². The van der Waals surface area contributed by atoms with Gasteiger partial charge < -0.3 is 10.1 Å². The van der Waals surface area contributed by atoms with Crippen LogP contribution >= 0.6 is 0 Å². The molecule has 0 aliphatic heterocycles. The summed E-state index contributed by atoms with van der Waals surface area (Å²) in [5.74, 6) is -1.68. The molecule has 0 saturated carbocycles. The van der Waals surface area contributed by atoms with Gasteiger partial charge in [-0.05, 0) is 42.2 Å². The Kier molecular flexibility index (Phi) is 7.92. The zero-order valence-corrected chi connectivity index (χ0v) is 17.5. The van der Waals surface area contributed by atoms with Crippen LogP contribution in [0.15, 0.2) is 59.5 Å². The van der Waals surface area contributed by atoms with Crippen molar-refractivity contribution in [2.24, 2.45) is 5.92 Å². The van der Waals surface area contributed by atoms with Crippen LogP contribution < -0.4 is 10.0 Å². The zero-order valence-electron chi connectivity index (χ0n) is 16.7. The van der Waals surface area contributed by atoms with Crippen LogP contribution in [0.3, 0.4) is 0 Å². The third kappa shape index (κ3) is 6.69. The summed E-state index contributed by atoms with van der Waals surface area (Å²) in [6.45, 7) is 4.90. The average molecular weight is 419 g/mol. The van der Waals surface area contributed by atoms with Crippen LogP contribution in [0.4, 0.5) is 5.69 Å². The van der Waals surface area contributed by atoms with Gasteiger partial charge in [-0.15, -0.1) is 0 Å². The van der Waals surface area contributed by atoms with Gasteiger partial charge in [0.15, 0.2) is 6.61 Å². The highest BCUT2D eigenvalue weighted by molar-refractivity contribution is 7.89. The van der Waals surface area contributed by atoms with Gasteiger partial charge in [-0.3, -0.25) is 9.59 Å². The number of ether oxygens (including phenoxy) is 1. The van der Waals surface area contributed by atoms with Crippen LogP contribution in [0.5, 0.6) is 0 Å². The Morgan fingerprint density at radius 1 is 1.00 bits per heavy atom. The second-order valence-electron chi connectivity index (χ2n) is 6.86. The lowest BCUT2D eigenvalue weighted by Gasteiger charge is -2.20. The highest BCUT2D eigenvalue weighted by Crippen LogP contribution is 2.13. The molecule has 0 fully saturated rings. The predicted molar refractivity (Wildman–Crippen MR) is 111 cm³/mol. The number of nitrogens with one attached hydrogen (secondary N) is 2. The molecule has 0 spiro atoms. The van der Waals surface area contributed by atoms with E-state index in [-0.39, 0.29) is 10.8 Å². The largest absolute Gasteiger partial charge is 0.454 e. The lowest BCUT2D eigenvalue weighted by Crippen LogP contribution is -2.45. The Balaban J connectivity index is 1.95. The van der Waals surface area contributed by atoms with E-state index in [9.17, 15) is 18.0 Å². The molecule has 7 nitrogen and oxygen atoms in total. The topological polar surface area (TPSA) is 102 Å². The first-order chi connectivity index (χ1) is 13.7. The van der Waals surface area contributed by atoms with E-state index >= 15 is 0 Å². The van der Waals surface area contributed by atoms with Gasteiger partial charge in [0.25, 0.3) is 5.91 Å². The summed E-state index contributed by atoms with van der Waals surface area (Å²) in [5, 5.41) is 2.64. The Morgan fingerprint density at radius 2 is 1.62 bits per heavy atom. The summed E-state index contributed by atoms with van der Waals surface area (Å²) in [4.78, 5) is 24.5. The minimum Gasteiger partial charge on any atom is -0.454 e. The maximum absolute atomic E-state index is 12.5. The van der Waals surface area contributed by atoms with Crippen molar-refractivity contribution in [2.75, 3.05) is 11.9 Å². The molecule has 29 heavy (non-hydrogen) atoms. The fraction of sp³-hybridized carbons (Fsp3) is 0.333. The normalized spacial score (nSPS) is 12.4. The van der Waals surface area contributed by atoms with Gasteiger partial charge in [0.2, 0.25) is 10.0 Å². The first-order valence-corrected chi connectivity index (χ1v) is 10.8. The Labute approximate surface area is 171 Å². The van der Waals surface area contributed by atoms with Crippen molar-refractivity contribution in [3.63, 3.8) is 0 Å². The van der Waals surface area contributed by atoms with Crippen LogP contribution in [-0.2, 0) is 30.8 Å². The van der Waals surface area contributed by atoms with E-state index in [4.69, 9.17) is 4.74 Å². The predicted octanol–water partition coefficient (Wildman–Crippen LogP) is 2.73. The second kappa shape index (κ2) is 10.2. The zero-order chi connectivity index (χ0) is 21.4. The average Bonchev–Trinajstić information content (AvgIpc) is 2.71. The van der Waals surface area contributed by atoms with Crippen molar-refractivity contribution in [3.8, 4) is 0 Å². The first-order valence-electron chi connectivity index (χ1n) is 9.35. The summed E-state index contributed by atoms with van der Waals surface area (Å²) in [6, 6.07) is 14.0. The highest BCUT2D eigenvalue weighted by atomic mass is 32.2. The molecule has 2 rings (SSSR count). The molecule has 0 aromatic heterocycles. The molecular formula is C21H26N2O5S. The summed E-state index contributed by atoms with van der Waals surface area (Å²) >= 11 is 0. The minimum atomic E-state index is -3.89. The standard InChI is InChI=1S/C21H26N2O5S/c1-4-16-10-12-17(13-11-16)22-19(24)14-28-21(25)20(15(2)3)23-29(26,27)18-8-6-5-7-9-18/h5-13,15,20,23H,4,14H2,1-3H3,(H,22,24)/t20-/m0/s1.